The average molecular weight is 412 g/mol. The van der Waals surface area contributed by atoms with E-state index in [0.717, 1.165) is 11.1 Å². The van der Waals surface area contributed by atoms with Gasteiger partial charge in [0.15, 0.2) is 0 Å². The van der Waals surface area contributed by atoms with E-state index in [1.807, 2.05) is 81.4 Å². The van der Waals surface area contributed by atoms with Gasteiger partial charge in [-0.15, -0.1) is 0 Å². The van der Waals surface area contributed by atoms with Crippen molar-refractivity contribution in [3.63, 3.8) is 0 Å². The topological polar surface area (TPSA) is 63.8 Å². The van der Waals surface area contributed by atoms with Crippen molar-refractivity contribution in [3.05, 3.63) is 93.8 Å². The lowest BCUT2D eigenvalue weighted by atomic mass is 10.1. The van der Waals surface area contributed by atoms with Crippen LogP contribution in [0.15, 0.2) is 76.5 Å². The third kappa shape index (κ3) is 3.82. The molecular formula is C26H24N2O3. The fourth-order valence-electron chi connectivity index (χ4n) is 3.74. The molecule has 0 bridgehead atoms. The van der Waals surface area contributed by atoms with Crippen LogP contribution in [0.1, 0.15) is 23.6 Å². The first-order valence-electron chi connectivity index (χ1n) is 10.2. The molecule has 5 nitrogen and oxygen atoms in total. The second-order valence-electron chi connectivity index (χ2n) is 7.37. The fraction of sp³-hybridized carbons (Fsp3) is 0.154. The molecule has 0 aliphatic heterocycles. The maximum atomic E-state index is 13.3. The van der Waals surface area contributed by atoms with Gasteiger partial charge in [0.1, 0.15) is 11.4 Å². The van der Waals surface area contributed by atoms with Gasteiger partial charge in [-0.3, -0.25) is 9.79 Å². The number of benzene rings is 3. The first-order chi connectivity index (χ1) is 15.0. The van der Waals surface area contributed by atoms with Crippen LogP contribution in [0.3, 0.4) is 0 Å². The van der Waals surface area contributed by atoms with Crippen molar-refractivity contribution in [3.8, 4) is 17.3 Å². The molecule has 1 heterocycles. The summed E-state index contributed by atoms with van der Waals surface area (Å²) in [6.07, 6.45) is 1.59. The largest absolute Gasteiger partial charge is 0.494 e. The highest BCUT2D eigenvalue weighted by Crippen LogP contribution is 2.30. The number of para-hydroxylation sites is 2. The molecule has 1 aromatic heterocycles. The normalized spacial score (nSPS) is 11.3. The summed E-state index contributed by atoms with van der Waals surface area (Å²) < 4.78 is 7.00. The number of aryl methyl sites for hydroxylation is 2. The number of rotatable bonds is 5. The number of hydrogen-bond acceptors (Lipinski definition) is 4. The average Bonchev–Trinajstić information content (AvgIpc) is 2.76. The lowest BCUT2D eigenvalue weighted by Gasteiger charge is -2.16. The Morgan fingerprint density at radius 3 is 2.45 bits per heavy atom. The molecule has 3 aromatic carbocycles. The molecule has 0 aliphatic rings. The molecule has 1 N–H and O–H groups in total. The van der Waals surface area contributed by atoms with Crippen LogP contribution < -0.4 is 10.3 Å². The Morgan fingerprint density at radius 2 is 1.71 bits per heavy atom. The second kappa shape index (κ2) is 8.48. The number of aromatic hydroxyl groups is 1. The van der Waals surface area contributed by atoms with Crippen molar-refractivity contribution in [2.24, 2.45) is 4.99 Å². The van der Waals surface area contributed by atoms with Crippen LogP contribution in [0.2, 0.25) is 0 Å². The quantitative estimate of drug-likeness (QED) is 0.443. The molecule has 0 saturated carbocycles. The van der Waals surface area contributed by atoms with Gasteiger partial charge in [-0.2, -0.15) is 0 Å². The molecule has 0 radical (unpaired) electrons. The van der Waals surface area contributed by atoms with Crippen LogP contribution in [0.4, 0.5) is 5.69 Å². The summed E-state index contributed by atoms with van der Waals surface area (Å²) in [5.41, 5.74) is 3.48. The summed E-state index contributed by atoms with van der Waals surface area (Å²) in [5.74, 6) is 0.515. The predicted octanol–water partition coefficient (Wildman–Crippen LogP) is 5.46. The summed E-state index contributed by atoms with van der Waals surface area (Å²) >= 11 is 0. The van der Waals surface area contributed by atoms with E-state index in [9.17, 15) is 9.90 Å². The summed E-state index contributed by atoms with van der Waals surface area (Å²) in [5, 5.41) is 12.4. The van der Waals surface area contributed by atoms with E-state index in [4.69, 9.17) is 4.74 Å². The Kier molecular flexibility index (Phi) is 5.58. The highest BCUT2D eigenvalue weighted by molar-refractivity contribution is 6.02. The number of pyridine rings is 1. The van der Waals surface area contributed by atoms with E-state index >= 15 is 0 Å². The van der Waals surface area contributed by atoms with Crippen molar-refractivity contribution >= 4 is 22.7 Å². The third-order valence-electron chi connectivity index (χ3n) is 5.19. The Bertz CT molecular complexity index is 1350. The summed E-state index contributed by atoms with van der Waals surface area (Å²) in [6, 6.07) is 20.5. The van der Waals surface area contributed by atoms with Crippen molar-refractivity contribution in [2.45, 2.75) is 20.8 Å². The maximum Gasteiger partial charge on any atom is 0.265 e. The molecule has 4 rings (SSSR count). The maximum absolute atomic E-state index is 13.3. The number of nitrogens with zero attached hydrogens (tertiary/aromatic N) is 2. The van der Waals surface area contributed by atoms with Gasteiger partial charge in [0.05, 0.1) is 17.9 Å². The molecule has 0 amide bonds. The van der Waals surface area contributed by atoms with Crippen LogP contribution in [0.5, 0.6) is 11.6 Å². The lowest BCUT2D eigenvalue weighted by molar-refractivity contribution is 0.341. The number of aliphatic imine (C=N–C) groups is 1. The third-order valence-corrected chi connectivity index (χ3v) is 5.19. The Hall–Kier alpha value is -3.86. The zero-order valence-electron chi connectivity index (χ0n) is 17.8. The number of hydrogen-bond donors (Lipinski definition) is 1. The van der Waals surface area contributed by atoms with E-state index in [1.54, 1.807) is 12.3 Å². The molecular weight excluding hydrogens is 388 g/mol. The highest BCUT2D eigenvalue weighted by Gasteiger charge is 2.17. The number of fused-ring (bicyclic) bond motifs is 1. The van der Waals surface area contributed by atoms with Crippen molar-refractivity contribution in [2.75, 3.05) is 6.61 Å². The van der Waals surface area contributed by atoms with Crippen molar-refractivity contribution in [1.29, 1.82) is 0 Å². The minimum absolute atomic E-state index is 0.145. The summed E-state index contributed by atoms with van der Waals surface area (Å²) in [6.45, 7) is 6.36. The van der Waals surface area contributed by atoms with Gasteiger partial charge >= 0.3 is 0 Å². The Balaban J connectivity index is 1.97. The zero-order chi connectivity index (χ0) is 22.0. The minimum Gasteiger partial charge on any atom is -0.494 e. The first-order valence-corrected chi connectivity index (χ1v) is 10.2. The standard InChI is InChI=1S/C26H24N2O3/c1-4-31-24-12-8-7-11-22(24)27-16-21-19-9-5-6-10-20(19)25(29)28(26(21)30)23-14-13-17(2)15-18(23)3/h5-16,30H,4H2,1-3H3. The number of ether oxygens (including phenoxy) is 1. The van der Waals surface area contributed by atoms with E-state index in [1.165, 1.54) is 4.57 Å². The molecule has 0 atom stereocenters. The van der Waals surface area contributed by atoms with Gasteiger partial charge in [-0.05, 0) is 50.6 Å². The predicted molar refractivity (Wildman–Crippen MR) is 126 cm³/mol. The summed E-state index contributed by atoms with van der Waals surface area (Å²) in [4.78, 5) is 17.9. The smallest absolute Gasteiger partial charge is 0.265 e. The molecule has 0 unspecified atom stereocenters. The van der Waals surface area contributed by atoms with E-state index in [-0.39, 0.29) is 11.4 Å². The summed E-state index contributed by atoms with van der Waals surface area (Å²) in [7, 11) is 0. The van der Waals surface area contributed by atoms with Gasteiger partial charge in [0.2, 0.25) is 5.88 Å². The van der Waals surface area contributed by atoms with Gasteiger partial charge in [0.25, 0.3) is 5.56 Å². The molecule has 0 spiro atoms. The van der Waals surface area contributed by atoms with Crippen LogP contribution in [0, 0.1) is 13.8 Å². The van der Waals surface area contributed by atoms with Gasteiger partial charge < -0.3 is 9.84 Å². The van der Waals surface area contributed by atoms with Gasteiger partial charge in [-0.25, -0.2) is 4.57 Å². The van der Waals surface area contributed by atoms with Crippen LogP contribution in [-0.4, -0.2) is 22.5 Å². The van der Waals surface area contributed by atoms with Crippen LogP contribution in [-0.2, 0) is 0 Å². The van der Waals surface area contributed by atoms with E-state index in [0.29, 0.717) is 40.1 Å². The molecule has 31 heavy (non-hydrogen) atoms. The first kappa shape index (κ1) is 20.4. The van der Waals surface area contributed by atoms with E-state index < -0.39 is 0 Å². The number of aromatic nitrogens is 1. The van der Waals surface area contributed by atoms with Crippen molar-refractivity contribution in [1.82, 2.24) is 4.57 Å². The van der Waals surface area contributed by atoms with Gasteiger partial charge in [-0.1, -0.05) is 48.0 Å². The van der Waals surface area contributed by atoms with E-state index in [2.05, 4.69) is 4.99 Å². The molecule has 0 aliphatic carbocycles. The zero-order valence-corrected chi connectivity index (χ0v) is 17.8. The highest BCUT2D eigenvalue weighted by atomic mass is 16.5. The van der Waals surface area contributed by atoms with Crippen LogP contribution >= 0.6 is 0 Å². The Morgan fingerprint density at radius 1 is 1.00 bits per heavy atom. The monoisotopic (exact) mass is 412 g/mol. The molecule has 5 heteroatoms. The Labute approximate surface area is 180 Å². The van der Waals surface area contributed by atoms with Gasteiger partial charge in [0, 0.05) is 17.0 Å². The molecule has 0 saturated heterocycles. The molecule has 0 fully saturated rings. The fourth-order valence-corrected chi connectivity index (χ4v) is 3.74. The van der Waals surface area contributed by atoms with Crippen molar-refractivity contribution < 1.29 is 9.84 Å². The lowest BCUT2D eigenvalue weighted by Crippen LogP contribution is -2.21. The molecule has 4 aromatic rings. The molecule has 156 valence electrons. The minimum atomic E-state index is -0.271. The van der Waals surface area contributed by atoms with Crippen LogP contribution in [0.25, 0.3) is 16.5 Å². The SMILES string of the molecule is CCOc1ccccc1N=Cc1c(O)n(-c2ccc(C)cc2C)c(=O)c2ccccc12. The second-order valence-corrected chi connectivity index (χ2v) is 7.37.